The summed E-state index contributed by atoms with van der Waals surface area (Å²) in [6.45, 7) is 2.27. The molecular weight excluding hydrogens is 198 g/mol. The van der Waals surface area contributed by atoms with Crippen molar-refractivity contribution < 1.29 is 4.74 Å². The van der Waals surface area contributed by atoms with Gasteiger partial charge in [-0.15, -0.1) is 0 Å². The molecule has 1 aliphatic carbocycles. The van der Waals surface area contributed by atoms with Crippen molar-refractivity contribution in [2.24, 2.45) is 0 Å². The van der Waals surface area contributed by atoms with E-state index in [4.69, 9.17) is 4.74 Å². The Morgan fingerprint density at radius 3 is 3.12 bits per heavy atom. The molecule has 0 amide bonds. The zero-order chi connectivity index (χ0) is 11.0. The van der Waals surface area contributed by atoms with Crippen LogP contribution in [0.1, 0.15) is 35.4 Å². The third-order valence-corrected chi connectivity index (χ3v) is 3.97. The van der Waals surface area contributed by atoms with Gasteiger partial charge in [0.1, 0.15) is 5.75 Å². The first-order valence-electron chi connectivity index (χ1n) is 6.29. The van der Waals surface area contributed by atoms with Gasteiger partial charge in [0.25, 0.3) is 0 Å². The molecule has 86 valence electrons. The minimum Gasteiger partial charge on any atom is -0.496 e. The van der Waals surface area contributed by atoms with Crippen LogP contribution in [0.3, 0.4) is 0 Å². The SMILES string of the molecule is COc1ccc2c3c1CCCC3CNCC2. The predicted molar refractivity (Wildman–Crippen MR) is 65.2 cm³/mol. The maximum atomic E-state index is 5.50. The van der Waals surface area contributed by atoms with E-state index in [1.165, 1.54) is 31.2 Å². The molecule has 0 bridgehead atoms. The summed E-state index contributed by atoms with van der Waals surface area (Å²) in [4.78, 5) is 0. The fourth-order valence-electron chi connectivity index (χ4n) is 3.24. The highest BCUT2D eigenvalue weighted by molar-refractivity contribution is 5.49. The fraction of sp³-hybridized carbons (Fsp3) is 0.571. The standard InChI is InChI=1S/C14H19NO/c1-16-13-6-5-10-7-8-15-9-11-3-2-4-12(13)14(10)11/h5-6,11,15H,2-4,7-9H2,1H3. The monoisotopic (exact) mass is 217 g/mol. The molecule has 16 heavy (non-hydrogen) atoms. The molecule has 1 heterocycles. The summed E-state index contributed by atoms with van der Waals surface area (Å²) in [7, 11) is 1.79. The molecule has 1 aliphatic heterocycles. The van der Waals surface area contributed by atoms with Gasteiger partial charge in [-0.25, -0.2) is 0 Å². The molecule has 0 saturated carbocycles. The van der Waals surface area contributed by atoms with Gasteiger partial charge < -0.3 is 10.1 Å². The number of hydrogen-bond acceptors (Lipinski definition) is 2. The van der Waals surface area contributed by atoms with E-state index in [0.717, 1.165) is 24.8 Å². The zero-order valence-corrected chi connectivity index (χ0v) is 9.88. The van der Waals surface area contributed by atoms with Crippen LogP contribution in [0.15, 0.2) is 12.1 Å². The lowest BCUT2D eigenvalue weighted by atomic mass is 9.79. The van der Waals surface area contributed by atoms with Crippen LogP contribution in [-0.2, 0) is 12.8 Å². The highest BCUT2D eigenvalue weighted by Gasteiger charge is 2.26. The molecule has 2 nitrogen and oxygen atoms in total. The number of methoxy groups -OCH3 is 1. The smallest absolute Gasteiger partial charge is 0.122 e. The van der Waals surface area contributed by atoms with E-state index >= 15 is 0 Å². The summed E-state index contributed by atoms with van der Waals surface area (Å²) >= 11 is 0. The van der Waals surface area contributed by atoms with Gasteiger partial charge in [0.15, 0.2) is 0 Å². The molecular formula is C14H19NO. The first-order valence-corrected chi connectivity index (χ1v) is 6.29. The molecule has 3 rings (SSSR count). The van der Waals surface area contributed by atoms with Crippen LogP contribution >= 0.6 is 0 Å². The molecule has 1 N–H and O–H groups in total. The number of ether oxygens (including phenoxy) is 1. The second-order valence-corrected chi connectivity index (χ2v) is 4.86. The Hall–Kier alpha value is -1.02. The largest absolute Gasteiger partial charge is 0.496 e. The number of nitrogens with one attached hydrogen (secondary N) is 1. The van der Waals surface area contributed by atoms with Gasteiger partial charge in [-0.3, -0.25) is 0 Å². The summed E-state index contributed by atoms with van der Waals surface area (Å²) in [5.74, 6) is 1.82. The molecule has 1 unspecified atom stereocenters. The van der Waals surface area contributed by atoms with Crippen molar-refractivity contribution >= 4 is 0 Å². The van der Waals surface area contributed by atoms with Gasteiger partial charge in [-0.05, 0) is 60.9 Å². The maximum absolute atomic E-state index is 5.50. The van der Waals surface area contributed by atoms with E-state index < -0.39 is 0 Å². The van der Waals surface area contributed by atoms with Crippen molar-refractivity contribution in [2.45, 2.75) is 31.6 Å². The molecule has 1 aromatic rings. The molecule has 0 fully saturated rings. The third kappa shape index (κ3) is 1.52. The molecule has 2 heteroatoms. The van der Waals surface area contributed by atoms with Crippen molar-refractivity contribution in [3.05, 3.63) is 28.8 Å². The van der Waals surface area contributed by atoms with E-state index in [9.17, 15) is 0 Å². The predicted octanol–water partition coefficient (Wildman–Crippen LogP) is 2.26. The van der Waals surface area contributed by atoms with E-state index in [-0.39, 0.29) is 0 Å². The van der Waals surface area contributed by atoms with Crippen molar-refractivity contribution in [1.29, 1.82) is 0 Å². The van der Waals surface area contributed by atoms with Gasteiger partial charge in [0.05, 0.1) is 7.11 Å². The molecule has 1 atom stereocenters. The van der Waals surface area contributed by atoms with Crippen LogP contribution in [0, 0.1) is 0 Å². The highest BCUT2D eigenvalue weighted by atomic mass is 16.5. The minimum absolute atomic E-state index is 0.719. The molecule has 0 radical (unpaired) electrons. The molecule has 1 aromatic carbocycles. The second-order valence-electron chi connectivity index (χ2n) is 4.86. The summed E-state index contributed by atoms with van der Waals surface area (Å²) in [6.07, 6.45) is 5.00. The van der Waals surface area contributed by atoms with Crippen molar-refractivity contribution in [1.82, 2.24) is 5.32 Å². The average Bonchev–Trinajstić information content (AvgIpc) is 2.54. The second kappa shape index (κ2) is 4.10. The van der Waals surface area contributed by atoms with Crippen LogP contribution in [-0.4, -0.2) is 20.2 Å². The van der Waals surface area contributed by atoms with Crippen LogP contribution in [0.4, 0.5) is 0 Å². The normalized spacial score (nSPS) is 23.4. The van der Waals surface area contributed by atoms with Crippen LogP contribution in [0.2, 0.25) is 0 Å². The quantitative estimate of drug-likeness (QED) is 0.779. The van der Waals surface area contributed by atoms with E-state index in [1.807, 2.05) is 0 Å². The van der Waals surface area contributed by atoms with Gasteiger partial charge in [-0.1, -0.05) is 6.07 Å². The lowest BCUT2D eigenvalue weighted by Crippen LogP contribution is -2.22. The molecule has 0 spiro atoms. The zero-order valence-electron chi connectivity index (χ0n) is 9.88. The van der Waals surface area contributed by atoms with Crippen LogP contribution < -0.4 is 10.1 Å². The Kier molecular flexibility index (Phi) is 2.60. The van der Waals surface area contributed by atoms with Gasteiger partial charge in [0, 0.05) is 6.54 Å². The van der Waals surface area contributed by atoms with Gasteiger partial charge >= 0.3 is 0 Å². The summed E-state index contributed by atoms with van der Waals surface area (Å²) in [6, 6.07) is 4.42. The van der Waals surface area contributed by atoms with E-state index in [1.54, 1.807) is 18.2 Å². The number of benzene rings is 1. The number of hydrogen-bond donors (Lipinski definition) is 1. The van der Waals surface area contributed by atoms with E-state index in [0.29, 0.717) is 0 Å². The Bertz CT molecular complexity index is 400. The van der Waals surface area contributed by atoms with Crippen molar-refractivity contribution in [3.8, 4) is 5.75 Å². The first-order chi connectivity index (χ1) is 7.90. The third-order valence-electron chi connectivity index (χ3n) is 3.97. The Morgan fingerprint density at radius 2 is 2.25 bits per heavy atom. The van der Waals surface area contributed by atoms with Crippen molar-refractivity contribution in [3.63, 3.8) is 0 Å². The average molecular weight is 217 g/mol. The lowest BCUT2D eigenvalue weighted by molar-refractivity contribution is 0.402. The minimum atomic E-state index is 0.719. The summed E-state index contributed by atoms with van der Waals surface area (Å²) in [5.41, 5.74) is 4.64. The molecule has 0 saturated heterocycles. The van der Waals surface area contributed by atoms with Crippen molar-refractivity contribution in [2.75, 3.05) is 20.2 Å². The summed E-state index contributed by atoms with van der Waals surface area (Å²) < 4.78 is 5.50. The van der Waals surface area contributed by atoms with Crippen LogP contribution in [0.25, 0.3) is 0 Å². The lowest BCUT2D eigenvalue weighted by Gasteiger charge is -2.27. The molecule has 2 aliphatic rings. The first kappa shape index (κ1) is 10.2. The van der Waals surface area contributed by atoms with Gasteiger partial charge in [0.2, 0.25) is 0 Å². The maximum Gasteiger partial charge on any atom is 0.122 e. The van der Waals surface area contributed by atoms with Gasteiger partial charge in [-0.2, -0.15) is 0 Å². The molecule has 0 aromatic heterocycles. The topological polar surface area (TPSA) is 21.3 Å². The number of rotatable bonds is 1. The Labute approximate surface area is 97.0 Å². The fourth-order valence-corrected chi connectivity index (χ4v) is 3.24. The Balaban J connectivity index is 2.16. The summed E-state index contributed by atoms with van der Waals surface area (Å²) in [5, 5.41) is 3.55. The van der Waals surface area contributed by atoms with E-state index in [2.05, 4.69) is 17.4 Å². The Morgan fingerprint density at radius 1 is 1.31 bits per heavy atom. The highest BCUT2D eigenvalue weighted by Crippen LogP contribution is 2.39. The van der Waals surface area contributed by atoms with Crippen LogP contribution in [0.5, 0.6) is 5.75 Å².